The number of hydrogen-bond donors (Lipinski definition) is 2. The van der Waals surface area contributed by atoms with Gasteiger partial charge in [-0.3, -0.25) is 10.1 Å². The molecule has 16 heavy (non-hydrogen) atoms. The van der Waals surface area contributed by atoms with Gasteiger partial charge in [0.1, 0.15) is 6.33 Å². The van der Waals surface area contributed by atoms with Crippen LogP contribution < -0.4 is 5.32 Å². The van der Waals surface area contributed by atoms with Crippen molar-refractivity contribution in [2.24, 2.45) is 0 Å². The maximum atomic E-state index is 10.7. The van der Waals surface area contributed by atoms with E-state index in [1.54, 1.807) is 6.92 Å². The van der Waals surface area contributed by atoms with Gasteiger partial charge in [0.05, 0.1) is 11.0 Å². The van der Waals surface area contributed by atoms with E-state index in [1.165, 1.54) is 0 Å². The first kappa shape index (κ1) is 12.6. The molecule has 7 nitrogen and oxygen atoms in total. The largest absolute Gasteiger partial charge is 0.393 e. The molecule has 1 unspecified atom stereocenters. The Hall–Kier alpha value is -1.47. The first-order chi connectivity index (χ1) is 7.52. The molecule has 0 saturated heterocycles. The van der Waals surface area contributed by atoms with E-state index in [9.17, 15) is 10.1 Å². The zero-order valence-electron chi connectivity index (χ0n) is 8.55. The van der Waals surface area contributed by atoms with Gasteiger partial charge in [0.2, 0.25) is 11.0 Å². The molecule has 0 fully saturated rings. The first-order valence-electron chi connectivity index (χ1n) is 4.59. The van der Waals surface area contributed by atoms with Crippen LogP contribution in [0.2, 0.25) is 5.15 Å². The minimum atomic E-state index is -0.646. The molecule has 1 aromatic rings. The highest BCUT2D eigenvalue weighted by Crippen LogP contribution is 2.27. The minimum Gasteiger partial charge on any atom is -0.393 e. The van der Waals surface area contributed by atoms with Crippen molar-refractivity contribution in [2.45, 2.75) is 19.4 Å². The Kier molecular flexibility index (Phi) is 4.39. The lowest BCUT2D eigenvalue weighted by Crippen LogP contribution is -2.12. The van der Waals surface area contributed by atoms with Crippen LogP contribution in [0.15, 0.2) is 6.33 Å². The molecule has 0 aromatic carbocycles. The molecule has 2 N–H and O–H groups in total. The Bertz CT molecular complexity index is 386. The van der Waals surface area contributed by atoms with E-state index < -0.39 is 11.0 Å². The Morgan fingerprint density at radius 3 is 2.94 bits per heavy atom. The van der Waals surface area contributed by atoms with Crippen molar-refractivity contribution >= 4 is 23.1 Å². The lowest BCUT2D eigenvalue weighted by molar-refractivity contribution is -0.384. The van der Waals surface area contributed by atoms with Crippen molar-refractivity contribution in [1.29, 1.82) is 0 Å². The molecule has 0 spiro atoms. The zero-order valence-corrected chi connectivity index (χ0v) is 9.31. The summed E-state index contributed by atoms with van der Waals surface area (Å²) >= 11 is 5.58. The van der Waals surface area contributed by atoms with Crippen molar-refractivity contribution in [2.75, 3.05) is 11.9 Å². The van der Waals surface area contributed by atoms with E-state index in [0.717, 1.165) is 6.33 Å². The first-order valence-corrected chi connectivity index (χ1v) is 4.97. The summed E-state index contributed by atoms with van der Waals surface area (Å²) in [5, 5.41) is 22.2. The minimum absolute atomic E-state index is 0.0608. The van der Waals surface area contributed by atoms with Crippen LogP contribution in [0.3, 0.4) is 0 Å². The van der Waals surface area contributed by atoms with E-state index >= 15 is 0 Å². The molecule has 0 saturated carbocycles. The molecule has 0 aliphatic heterocycles. The number of nitro groups is 1. The van der Waals surface area contributed by atoms with Gasteiger partial charge in [-0.2, -0.15) is 0 Å². The van der Waals surface area contributed by atoms with Gasteiger partial charge < -0.3 is 10.4 Å². The molecule has 1 rings (SSSR count). The molecule has 1 heterocycles. The van der Waals surface area contributed by atoms with Crippen molar-refractivity contribution in [3.05, 3.63) is 21.6 Å². The standard InChI is InChI=1S/C8H11ClN4O3/c1-5(14)2-3-10-8-6(13(15)16)7(9)11-4-12-8/h4-5,14H,2-3H2,1H3,(H,10,11,12). The second-order valence-electron chi connectivity index (χ2n) is 3.18. The smallest absolute Gasteiger partial charge is 0.348 e. The summed E-state index contributed by atoms with van der Waals surface area (Å²) in [6.07, 6.45) is 1.11. The summed E-state index contributed by atoms with van der Waals surface area (Å²) in [5.41, 5.74) is -0.352. The Morgan fingerprint density at radius 1 is 1.69 bits per heavy atom. The lowest BCUT2D eigenvalue weighted by Gasteiger charge is -2.07. The fourth-order valence-electron chi connectivity index (χ4n) is 1.05. The van der Waals surface area contributed by atoms with Crippen LogP contribution in [0, 0.1) is 10.1 Å². The van der Waals surface area contributed by atoms with Crippen LogP contribution in [0.4, 0.5) is 11.5 Å². The van der Waals surface area contributed by atoms with Crippen LogP contribution in [-0.2, 0) is 0 Å². The molecular weight excluding hydrogens is 236 g/mol. The monoisotopic (exact) mass is 246 g/mol. The lowest BCUT2D eigenvalue weighted by atomic mass is 10.3. The Balaban J connectivity index is 2.79. The molecule has 0 aliphatic rings. The second kappa shape index (κ2) is 5.57. The highest BCUT2D eigenvalue weighted by molar-refractivity contribution is 6.31. The molecule has 8 heteroatoms. The van der Waals surface area contributed by atoms with Gasteiger partial charge in [-0.15, -0.1) is 0 Å². The number of nitrogens with one attached hydrogen (secondary N) is 1. The van der Waals surface area contributed by atoms with Crippen molar-refractivity contribution in [3.63, 3.8) is 0 Å². The van der Waals surface area contributed by atoms with Gasteiger partial charge in [-0.25, -0.2) is 9.97 Å². The highest BCUT2D eigenvalue weighted by atomic mass is 35.5. The summed E-state index contributed by atoms with van der Waals surface area (Å²) in [5.74, 6) is 0.0608. The second-order valence-corrected chi connectivity index (χ2v) is 3.54. The van der Waals surface area contributed by atoms with Gasteiger partial charge in [-0.1, -0.05) is 11.6 Å². The predicted molar refractivity (Wildman–Crippen MR) is 58.5 cm³/mol. The highest BCUT2D eigenvalue weighted by Gasteiger charge is 2.20. The normalized spacial score (nSPS) is 12.2. The number of nitrogens with zero attached hydrogens (tertiary/aromatic N) is 3. The summed E-state index contributed by atoms with van der Waals surface area (Å²) in [7, 11) is 0. The van der Waals surface area contributed by atoms with Crippen LogP contribution in [0.1, 0.15) is 13.3 Å². The van der Waals surface area contributed by atoms with Gasteiger partial charge in [0, 0.05) is 6.54 Å². The number of rotatable bonds is 5. The van der Waals surface area contributed by atoms with E-state index in [4.69, 9.17) is 16.7 Å². The number of aliphatic hydroxyl groups is 1. The molecular formula is C8H11ClN4O3. The van der Waals surface area contributed by atoms with Crippen LogP contribution in [-0.4, -0.2) is 32.6 Å². The quantitative estimate of drug-likeness (QED) is 0.460. The molecule has 1 aromatic heterocycles. The fourth-order valence-corrected chi connectivity index (χ4v) is 1.25. The van der Waals surface area contributed by atoms with Crippen LogP contribution in [0.25, 0.3) is 0 Å². The molecule has 0 radical (unpaired) electrons. The average molecular weight is 247 g/mol. The van der Waals surface area contributed by atoms with Crippen LogP contribution in [0.5, 0.6) is 0 Å². The average Bonchev–Trinajstić information content (AvgIpc) is 2.16. The maximum Gasteiger partial charge on any atom is 0.348 e. The molecule has 1 atom stereocenters. The number of aliphatic hydroxyl groups excluding tert-OH is 1. The maximum absolute atomic E-state index is 10.7. The van der Waals surface area contributed by atoms with E-state index in [-0.39, 0.29) is 16.7 Å². The van der Waals surface area contributed by atoms with Gasteiger partial charge in [0.25, 0.3) is 0 Å². The number of hydrogen-bond acceptors (Lipinski definition) is 6. The third kappa shape index (κ3) is 3.28. The van der Waals surface area contributed by atoms with Gasteiger partial charge >= 0.3 is 5.69 Å². The van der Waals surface area contributed by atoms with Gasteiger partial charge in [0.15, 0.2) is 0 Å². The van der Waals surface area contributed by atoms with Crippen LogP contribution >= 0.6 is 11.6 Å². The topological polar surface area (TPSA) is 101 Å². The summed E-state index contributed by atoms with van der Waals surface area (Å²) < 4.78 is 0. The zero-order chi connectivity index (χ0) is 12.1. The summed E-state index contributed by atoms with van der Waals surface area (Å²) in [4.78, 5) is 17.3. The Morgan fingerprint density at radius 2 is 2.38 bits per heavy atom. The number of anilines is 1. The fraction of sp³-hybridized carbons (Fsp3) is 0.500. The SMILES string of the molecule is CC(O)CCNc1ncnc(Cl)c1[N+](=O)[O-]. The van der Waals surface area contributed by atoms with E-state index in [2.05, 4.69) is 15.3 Å². The third-order valence-electron chi connectivity index (χ3n) is 1.81. The third-order valence-corrected chi connectivity index (χ3v) is 2.09. The van der Waals surface area contributed by atoms with Crippen molar-refractivity contribution < 1.29 is 10.0 Å². The van der Waals surface area contributed by atoms with Crippen molar-refractivity contribution in [3.8, 4) is 0 Å². The summed E-state index contributed by atoms with van der Waals surface area (Å²) in [6, 6.07) is 0. The summed E-state index contributed by atoms with van der Waals surface area (Å²) in [6.45, 7) is 1.99. The van der Waals surface area contributed by atoms with E-state index in [0.29, 0.717) is 13.0 Å². The Labute approximate surface area is 96.6 Å². The molecule has 0 aliphatic carbocycles. The number of halogens is 1. The molecule has 88 valence electrons. The van der Waals surface area contributed by atoms with Gasteiger partial charge in [-0.05, 0) is 13.3 Å². The number of aromatic nitrogens is 2. The van der Waals surface area contributed by atoms with Crippen molar-refractivity contribution in [1.82, 2.24) is 9.97 Å². The van der Waals surface area contributed by atoms with E-state index in [1.807, 2.05) is 0 Å². The predicted octanol–water partition coefficient (Wildman–Crippen LogP) is 1.22. The molecule has 0 amide bonds. The molecule has 0 bridgehead atoms.